The van der Waals surface area contributed by atoms with Crippen LogP contribution >= 0.6 is 0 Å². The number of carbonyl (C=O) groups excluding carboxylic acids is 1. The molecular formula is C15H22O2. The van der Waals surface area contributed by atoms with E-state index in [9.17, 15) is 9.90 Å². The van der Waals surface area contributed by atoms with Crippen molar-refractivity contribution in [3.8, 4) is 0 Å². The van der Waals surface area contributed by atoms with Crippen LogP contribution in [-0.4, -0.2) is 17.0 Å². The normalized spacial score (nSPS) is 12.8. The van der Waals surface area contributed by atoms with Crippen molar-refractivity contribution in [2.75, 3.05) is 0 Å². The van der Waals surface area contributed by atoms with E-state index < -0.39 is 6.10 Å². The molecule has 1 N–H and O–H groups in total. The van der Waals surface area contributed by atoms with Gasteiger partial charge in [0.2, 0.25) is 0 Å². The number of ketones is 1. The summed E-state index contributed by atoms with van der Waals surface area (Å²) in [6.07, 6.45) is 0.787. The lowest BCUT2D eigenvalue weighted by Gasteiger charge is -2.19. The third-order valence-electron chi connectivity index (χ3n) is 3.56. The third-order valence-corrected chi connectivity index (χ3v) is 3.56. The van der Waals surface area contributed by atoms with Crippen LogP contribution in [0.2, 0.25) is 0 Å². The minimum Gasteiger partial charge on any atom is -0.385 e. The molecule has 0 aliphatic carbocycles. The molecule has 0 bridgehead atoms. The van der Waals surface area contributed by atoms with E-state index in [0.29, 0.717) is 5.56 Å². The van der Waals surface area contributed by atoms with Gasteiger partial charge >= 0.3 is 0 Å². The zero-order valence-corrected chi connectivity index (χ0v) is 11.2. The second-order valence-corrected chi connectivity index (χ2v) is 4.68. The zero-order chi connectivity index (χ0) is 13.0. The Morgan fingerprint density at radius 2 is 1.76 bits per heavy atom. The fourth-order valence-electron chi connectivity index (χ4n) is 2.01. The van der Waals surface area contributed by atoms with Gasteiger partial charge in [-0.05, 0) is 37.0 Å². The Labute approximate surface area is 104 Å². The predicted molar refractivity (Wildman–Crippen MR) is 70.3 cm³/mol. The molecule has 1 aromatic carbocycles. The molecule has 94 valence electrons. The molecule has 0 aliphatic rings. The molecule has 0 amide bonds. The van der Waals surface area contributed by atoms with Gasteiger partial charge in [-0.25, -0.2) is 0 Å². The first-order valence-corrected chi connectivity index (χ1v) is 6.30. The van der Waals surface area contributed by atoms with Gasteiger partial charge < -0.3 is 5.11 Å². The maximum Gasteiger partial charge on any atom is 0.191 e. The van der Waals surface area contributed by atoms with E-state index in [4.69, 9.17) is 0 Å². The van der Waals surface area contributed by atoms with Crippen molar-refractivity contribution in [3.63, 3.8) is 0 Å². The van der Waals surface area contributed by atoms with Crippen molar-refractivity contribution in [3.05, 3.63) is 34.9 Å². The van der Waals surface area contributed by atoms with E-state index in [1.54, 1.807) is 6.07 Å². The predicted octanol–water partition coefficient (Wildman–Crippen LogP) is 3.28. The van der Waals surface area contributed by atoms with Gasteiger partial charge in [-0.3, -0.25) is 4.79 Å². The molecule has 0 spiro atoms. The van der Waals surface area contributed by atoms with Crippen LogP contribution in [0, 0.1) is 19.8 Å². The smallest absolute Gasteiger partial charge is 0.191 e. The molecule has 17 heavy (non-hydrogen) atoms. The molecule has 1 unspecified atom stereocenters. The lowest BCUT2D eigenvalue weighted by Crippen LogP contribution is -2.29. The highest BCUT2D eigenvalue weighted by atomic mass is 16.3. The number of hydrogen-bond acceptors (Lipinski definition) is 2. The molecule has 0 aliphatic heterocycles. The van der Waals surface area contributed by atoms with E-state index in [1.165, 1.54) is 5.56 Å². The van der Waals surface area contributed by atoms with Crippen molar-refractivity contribution < 1.29 is 9.90 Å². The van der Waals surface area contributed by atoms with E-state index in [2.05, 4.69) is 0 Å². The summed E-state index contributed by atoms with van der Waals surface area (Å²) < 4.78 is 0. The Bertz CT molecular complexity index is 392. The first-order valence-electron chi connectivity index (χ1n) is 6.30. The van der Waals surface area contributed by atoms with Crippen LogP contribution in [-0.2, 0) is 0 Å². The van der Waals surface area contributed by atoms with Crippen LogP contribution in [0.1, 0.15) is 48.2 Å². The molecule has 2 nitrogen and oxygen atoms in total. The summed E-state index contributed by atoms with van der Waals surface area (Å²) in [5, 5.41) is 10.0. The van der Waals surface area contributed by atoms with Crippen LogP contribution in [0.15, 0.2) is 18.2 Å². The standard InChI is InChI=1S/C15H22O2/c1-5-12(6-2)14(16)15(17)13-8-7-10(3)11(4)9-13/h7-9,12,14,16H,5-6H2,1-4H3. The van der Waals surface area contributed by atoms with Crippen LogP contribution in [0.5, 0.6) is 0 Å². The quantitative estimate of drug-likeness (QED) is 0.794. The van der Waals surface area contributed by atoms with Crippen LogP contribution in [0.3, 0.4) is 0 Å². The average Bonchev–Trinajstić information content (AvgIpc) is 2.33. The van der Waals surface area contributed by atoms with Gasteiger partial charge in [-0.1, -0.05) is 38.8 Å². The number of benzene rings is 1. The maximum atomic E-state index is 12.1. The third kappa shape index (κ3) is 3.16. The Kier molecular flexibility index (Phi) is 4.88. The number of aliphatic hydroxyl groups excluding tert-OH is 1. The highest BCUT2D eigenvalue weighted by Gasteiger charge is 2.24. The van der Waals surface area contributed by atoms with E-state index >= 15 is 0 Å². The lowest BCUT2D eigenvalue weighted by atomic mass is 9.90. The Morgan fingerprint density at radius 1 is 1.18 bits per heavy atom. The fourth-order valence-corrected chi connectivity index (χ4v) is 2.01. The van der Waals surface area contributed by atoms with Gasteiger partial charge in [0.25, 0.3) is 0 Å². The lowest BCUT2D eigenvalue weighted by molar-refractivity contribution is 0.0588. The second-order valence-electron chi connectivity index (χ2n) is 4.68. The minimum absolute atomic E-state index is 0.0594. The number of Topliss-reactive ketones (excluding diaryl/α,β-unsaturated/α-hetero) is 1. The molecule has 0 fully saturated rings. The first-order chi connectivity index (χ1) is 8.01. The van der Waals surface area contributed by atoms with Crippen molar-refractivity contribution in [2.45, 2.75) is 46.6 Å². The summed E-state index contributed by atoms with van der Waals surface area (Å²) in [4.78, 5) is 12.1. The number of aryl methyl sites for hydroxylation is 2. The first kappa shape index (κ1) is 13.9. The Morgan fingerprint density at radius 3 is 2.24 bits per heavy atom. The molecule has 0 heterocycles. The summed E-state index contributed by atoms with van der Waals surface area (Å²) in [6.45, 7) is 8.01. The van der Waals surface area contributed by atoms with Crippen LogP contribution < -0.4 is 0 Å². The molecule has 2 heteroatoms. The van der Waals surface area contributed by atoms with E-state index in [-0.39, 0.29) is 11.7 Å². The molecule has 0 radical (unpaired) electrons. The number of rotatable bonds is 5. The SMILES string of the molecule is CCC(CC)C(O)C(=O)c1ccc(C)c(C)c1. The highest BCUT2D eigenvalue weighted by molar-refractivity contribution is 5.99. The molecule has 1 rings (SSSR count). The molecular weight excluding hydrogens is 212 g/mol. The topological polar surface area (TPSA) is 37.3 Å². The highest BCUT2D eigenvalue weighted by Crippen LogP contribution is 2.19. The summed E-state index contributed by atoms with van der Waals surface area (Å²) in [7, 11) is 0. The van der Waals surface area contributed by atoms with E-state index in [0.717, 1.165) is 18.4 Å². The van der Waals surface area contributed by atoms with Gasteiger partial charge in [0.05, 0.1) is 0 Å². The van der Waals surface area contributed by atoms with Gasteiger partial charge in [0.1, 0.15) is 6.10 Å². The van der Waals surface area contributed by atoms with Crippen molar-refractivity contribution in [2.24, 2.45) is 5.92 Å². The van der Waals surface area contributed by atoms with Crippen LogP contribution in [0.4, 0.5) is 0 Å². The van der Waals surface area contributed by atoms with Crippen molar-refractivity contribution in [1.82, 2.24) is 0 Å². The van der Waals surface area contributed by atoms with Gasteiger partial charge in [0, 0.05) is 5.56 Å². The summed E-state index contributed by atoms with van der Waals surface area (Å²) >= 11 is 0. The summed E-state index contributed by atoms with van der Waals surface area (Å²) in [6, 6.07) is 5.60. The summed E-state index contributed by atoms with van der Waals surface area (Å²) in [5.41, 5.74) is 2.87. The molecule has 1 atom stereocenters. The van der Waals surface area contributed by atoms with Gasteiger partial charge in [0.15, 0.2) is 5.78 Å². The van der Waals surface area contributed by atoms with Crippen molar-refractivity contribution in [1.29, 1.82) is 0 Å². The Hall–Kier alpha value is -1.15. The van der Waals surface area contributed by atoms with Gasteiger partial charge in [-0.2, -0.15) is 0 Å². The fraction of sp³-hybridized carbons (Fsp3) is 0.533. The molecule has 0 saturated carbocycles. The average molecular weight is 234 g/mol. The molecule has 0 saturated heterocycles. The number of carbonyl (C=O) groups is 1. The zero-order valence-electron chi connectivity index (χ0n) is 11.2. The summed E-state index contributed by atoms with van der Waals surface area (Å²) in [5.74, 6) is -0.0918. The second kappa shape index (κ2) is 5.97. The number of hydrogen-bond donors (Lipinski definition) is 1. The molecule has 1 aromatic rings. The monoisotopic (exact) mass is 234 g/mol. The number of aliphatic hydroxyl groups is 1. The largest absolute Gasteiger partial charge is 0.385 e. The Balaban J connectivity index is 2.92. The minimum atomic E-state index is -0.868. The van der Waals surface area contributed by atoms with E-state index in [1.807, 2.05) is 39.8 Å². The van der Waals surface area contributed by atoms with Crippen LogP contribution in [0.25, 0.3) is 0 Å². The molecule has 0 aromatic heterocycles. The maximum absolute atomic E-state index is 12.1. The van der Waals surface area contributed by atoms with Gasteiger partial charge in [-0.15, -0.1) is 0 Å². The van der Waals surface area contributed by atoms with Crippen molar-refractivity contribution >= 4 is 5.78 Å².